The molecule has 0 bridgehead atoms. The molecule has 98 valence electrons. The minimum atomic E-state index is -0.504. The van der Waals surface area contributed by atoms with E-state index in [9.17, 15) is 9.59 Å². The highest BCUT2D eigenvalue weighted by atomic mass is 79.9. The summed E-state index contributed by atoms with van der Waals surface area (Å²) in [6, 6.07) is 6.92. The van der Waals surface area contributed by atoms with E-state index in [0.29, 0.717) is 5.56 Å². The first-order chi connectivity index (χ1) is 8.52. The number of esters is 1. The van der Waals surface area contributed by atoms with E-state index in [1.54, 1.807) is 18.2 Å². The highest BCUT2D eigenvalue weighted by molar-refractivity contribution is 9.10. The minimum absolute atomic E-state index is 0.0853. The third-order valence-electron chi connectivity index (χ3n) is 2.41. The van der Waals surface area contributed by atoms with Crippen LogP contribution in [0.5, 0.6) is 0 Å². The van der Waals surface area contributed by atoms with E-state index >= 15 is 0 Å². The number of ether oxygens (including phenoxy) is 1. The van der Waals surface area contributed by atoms with Gasteiger partial charge in [0.2, 0.25) is 0 Å². The first-order valence-electron chi connectivity index (χ1n) is 5.75. The van der Waals surface area contributed by atoms with Crippen molar-refractivity contribution in [2.75, 3.05) is 6.61 Å². The molecule has 0 heterocycles. The van der Waals surface area contributed by atoms with Gasteiger partial charge in [-0.25, -0.2) is 4.79 Å². The standard InChI is InChI=1S/C13H16BrNO3/c1-3-9(2)15-12(16)8-18-13(17)10-5-4-6-11(14)7-10/h4-7,9H,3,8H2,1-2H3,(H,15,16)/t9-/m1/s1. The van der Waals surface area contributed by atoms with Crippen molar-refractivity contribution in [1.82, 2.24) is 5.32 Å². The molecule has 1 rings (SSSR count). The smallest absolute Gasteiger partial charge is 0.338 e. The Morgan fingerprint density at radius 2 is 2.17 bits per heavy atom. The first kappa shape index (κ1) is 14.7. The average molecular weight is 314 g/mol. The lowest BCUT2D eigenvalue weighted by atomic mass is 10.2. The highest BCUT2D eigenvalue weighted by Gasteiger charge is 2.11. The number of hydrogen-bond acceptors (Lipinski definition) is 3. The molecule has 18 heavy (non-hydrogen) atoms. The number of benzene rings is 1. The number of carbonyl (C=O) groups excluding carboxylic acids is 2. The van der Waals surface area contributed by atoms with Crippen LogP contribution >= 0.6 is 15.9 Å². The van der Waals surface area contributed by atoms with Gasteiger partial charge in [0.25, 0.3) is 5.91 Å². The maximum absolute atomic E-state index is 11.6. The Bertz CT molecular complexity index is 434. The molecule has 1 aromatic rings. The van der Waals surface area contributed by atoms with Crippen LogP contribution in [0.15, 0.2) is 28.7 Å². The summed E-state index contributed by atoms with van der Waals surface area (Å²) in [5.74, 6) is -0.789. The second-order valence-corrected chi connectivity index (χ2v) is 4.88. The summed E-state index contributed by atoms with van der Waals surface area (Å²) in [6.07, 6.45) is 0.839. The second-order valence-electron chi connectivity index (χ2n) is 3.96. The maximum Gasteiger partial charge on any atom is 0.338 e. The van der Waals surface area contributed by atoms with Gasteiger partial charge >= 0.3 is 5.97 Å². The van der Waals surface area contributed by atoms with E-state index in [0.717, 1.165) is 10.9 Å². The molecule has 5 heteroatoms. The molecule has 0 saturated heterocycles. The SMILES string of the molecule is CC[C@@H](C)NC(=O)COC(=O)c1cccc(Br)c1. The monoisotopic (exact) mass is 313 g/mol. The van der Waals surface area contributed by atoms with Crippen molar-refractivity contribution >= 4 is 27.8 Å². The molecule has 0 unspecified atom stereocenters. The lowest BCUT2D eigenvalue weighted by Gasteiger charge is -2.11. The largest absolute Gasteiger partial charge is 0.452 e. The van der Waals surface area contributed by atoms with Crippen molar-refractivity contribution in [3.8, 4) is 0 Å². The van der Waals surface area contributed by atoms with Gasteiger partial charge in [0.1, 0.15) is 0 Å². The van der Waals surface area contributed by atoms with Crippen LogP contribution in [0.25, 0.3) is 0 Å². The Hall–Kier alpha value is -1.36. The average Bonchev–Trinajstić information content (AvgIpc) is 2.35. The molecule has 0 aromatic heterocycles. The Morgan fingerprint density at radius 1 is 1.44 bits per heavy atom. The van der Waals surface area contributed by atoms with E-state index in [1.807, 2.05) is 19.9 Å². The first-order valence-corrected chi connectivity index (χ1v) is 6.54. The van der Waals surface area contributed by atoms with Crippen molar-refractivity contribution < 1.29 is 14.3 Å². The molecule has 0 fully saturated rings. The molecule has 4 nitrogen and oxygen atoms in total. The predicted molar refractivity (Wildman–Crippen MR) is 72.3 cm³/mol. The fraction of sp³-hybridized carbons (Fsp3) is 0.385. The number of amides is 1. The third-order valence-corrected chi connectivity index (χ3v) is 2.91. The van der Waals surface area contributed by atoms with Gasteiger partial charge in [0.05, 0.1) is 5.56 Å². The fourth-order valence-electron chi connectivity index (χ4n) is 1.25. The molecular weight excluding hydrogens is 298 g/mol. The summed E-state index contributed by atoms with van der Waals surface area (Å²) in [5.41, 5.74) is 0.417. The summed E-state index contributed by atoms with van der Waals surface area (Å²) in [4.78, 5) is 23.1. The van der Waals surface area contributed by atoms with Crippen LogP contribution < -0.4 is 5.32 Å². The van der Waals surface area contributed by atoms with E-state index < -0.39 is 5.97 Å². The molecule has 1 aromatic carbocycles. The molecule has 0 aliphatic carbocycles. The zero-order chi connectivity index (χ0) is 13.5. The lowest BCUT2D eigenvalue weighted by molar-refractivity contribution is -0.124. The Balaban J connectivity index is 2.44. The van der Waals surface area contributed by atoms with Crippen LogP contribution in [0.3, 0.4) is 0 Å². The number of rotatable bonds is 5. The van der Waals surface area contributed by atoms with Gasteiger partial charge in [-0.1, -0.05) is 28.9 Å². The van der Waals surface area contributed by atoms with E-state index in [2.05, 4.69) is 21.2 Å². The van der Waals surface area contributed by atoms with E-state index in [4.69, 9.17) is 4.74 Å². The van der Waals surface area contributed by atoms with Gasteiger partial charge in [0, 0.05) is 10.5 Å². The molecular formula is C13H16BrNO3. The van der Waals surface area contributed by atoms with Crippen molar-refractivity contribution in [2.45, 2.75) is 26.3 Å². The van der Waals surface area contributed by atoms with Gasteiger partial charge in [0.15, 0.2) is 6.61 Å². The minimum Gasteiger partial charge on any atom is -0.452 e. The molecule has 0 aliphatic heterocycles. The predicted octanol–water partition coefficient (Wildman–Crippen LogP) is 2.52. The van der Waals surface area contributed by atoms with E-state index in [-0.39, 0.29) is 18.6 Å². The zero-order valence-corrected chi connectivity index (χ0v) is 12.0. The number of hydrogen-bond donors (Lipinski definition) is 1. The van der Waals surface area contributed by atoms with Gasteiger partial charge in [-0.05, 0) is 31.5 Å². The van der Waals surface area contributed by atoms with Gasteiger partial charge < -0.3 is 10.1 Å². The quantitative estimate of drug-likeness (QED) is 0.850. The Morgan fingerprint density at radius 3 is 2.78 bits per heavy atom. The van der Waals surface area contributed by atoms with Crippen LogP contribution in [0.1, 0.15) is 30.6 Å². The molecule has 1 amide bonds. The van der Waals surface area contributed by atoms with Crippen molar-refractivity contribution in [3.05, 3.63) is 34.3 Å². The summed E-state index contributed by atoms with van der Waals surface area (Å²) >= 11 is 3.27. The van der Waals surface area contributed by atoms with Gasteiger partial charge in [-0.3, -0.25) is 4.79 Å². The molecule has 0 radical (unpaired) electrons. The Kier molecular flexibility index (Phi) is 5.85. The summed E-state index contributed by atoms with van der Waals surface area (Å²) in [6.45, 7) is 3.61. The van der Waals surface area contributed by atoms with Crippen LogP contribution in [0.2, 0.25) is 0 Å². The van der Waals surface area contributed by atoms with Crippen LogP contribution in [0, 0.1) is 0 Å². The number of nitrogens with one attached hydrogen (secondary N) is 1. The Labute approximate surface area is 115 Å². The van der Waals surface area contributed by atoms with Crippen LogP contribution in [-0.4, -0.2) is 24.5 Å². The highest BCUT2D eigenvalue weighted by Crippen LogP contribution is 2.12. The van der Waals surface area contributed by atoms with Crippen molar-refractivity contribution in [2.24, 2.45) is 0 Å². The van der Waals surface area contributed by atoms with Gasteiger partial charge in [-0.2, -0.15) is 0 Å². The maximum atomic E-state index is 11.6. The fourth-order valence-corrected chi connectivity index (χ4v) is 1.65. The van der Waals surface area contributed by atoms with Crippen molar-refractivity contribution in [3.63, 3.8) is 0 Å². The zero-order valence-electron chi connectivity index (χ0n) is 10.4. The summed E-state index contributed by atoms with van der Waals surface area (Å²) in [7, 11) is 0. The molecule has 1 N–H and O–H groups in total. The normalized spacial score (nSPS) is 11.7. The summed E-state index contributed by atoms with van der Waals surface area (Å²) in [5, 5.41) is 2.72. The molecule has 0 aliphatic rings. The second kappa shape index (κ2) is 7.16. The van der Waals surface area contributed by atoms with Crippen LogP contribution in [0.4, 0.5) is 0 Å². The topological polar surface area (TPSA) is 55.4 Å². The van der Waals surface area contributed by atoms with Crippen molar-refractivity contribution in [1.29, 1.82) is 0 Å². The van der Waals surface area contributed by atoms with Crippen LogP contribution in [-0.2, 0) is 9.53 Å². The molecule has 0 saturated carbocycles. The molecule has 1 atom stereocenters. The third kappa shape index (κ3) is 4.87. The number of halogens is 1. The number of carbonyl (C=O) groups is 2. The lowest BCUT2D eigenvalue weighted by Crippen LogP contribution is -2.35. The summed E-state index contributed by atoms with van der Waals surface area (Å²) < 4.78 is 5.71. The molecule has 0 spiro atoms. The van der Waals surface area contributed by atoms with E-state index in [1.165, 1.54) is 0 Å². The van der Waals surface area contributed by atoms with Gasteiger partial charge in [-0.15, -0.1) is 0 Å².